The molecule has 0 aliphatic carbocycles. The van der Waals surface area contributed by atoms with Gasteiger partial charge in [-0.25, -0.2) is 0 Å². The van der Waals surface area contributed by atoms with Crippen molar-refractivity contribution >= 4 is 15.7 Å². The Hall–Kier alpha value is 5.85. The molecule has 3 nitrogen and oxygen atoms in total. The van der Waals surface area contributed by atoms with Gasteiger partial charge in [-0.2, -0.15) is 0 Å². The van der Waals surface area contributed by atoms with Crippen LogP contribution < -0.4 is 187 Å². The average Bonchev–Trinajstić information content (AvgIpc) is 0.811. The molecule has 0 saturated carbocycles. The first-order chi connectivity index (χ1) is 1.73. The summed E-state index contributed by atoms with van der Waals surface area (Å²) in [7, 11) is 0. The Kier molecular flexibility index (Phi) is 58.6. The third-order valence-corrected chi connectivity index (χ3v) is 0. The zero-order valence-electron chi connectivity index (χ0n) is 4.67. The van der Waals surface area contributed by atoms with E-state index in [-0.39, 0.29) is 175 Å². The fourth-order valence-electron chi connectivity index (χ4n) is 0. The first-order valence-electron chi connectivity index (χ1n) is 0.548. The van der Waals surface area contributed by atoms with E-state index in [0.717, 1.165) is 0 Å². The van der Waals surface area contributed by atoms with E-state index in [1.807, 2.05) is 0 Å². The molecule has 0 heterocycles. The molecule has 26 valence electrons. The average molecular weight is 379 g/mol. The Morgan fingerprint density at radius 2 is 0.714 bits per heavy atom. The van der Waals surface area contributed by atoms with Gasteiger partial charge in [0.1, 0.15) is 0 Å². The maximum absolute atomic E-state index is 8.56. The van der Waals surface area contributed by atoms with Crippen molar-refractivity contribution in [2.24, 2.45) is 0 Å². The molecule has 0 spiro atoms. The van der Waals surface area contributed by atoms with E-state index < -0.39 is 15.7 Å². The van der Waals surface area contributed by atoms with Gasteiger partial charge in [0, 0.05) is 0 Å². The fourth-order valence-corrected chi connectivity index (χ4v) is 0. The molecular formula is AsO3Rb3. The minimum atomic E-state index is -3.94. The summed E-state index contributed by atoms with van der Waals surface area (Å²) in [5, 5.41) is 0. The standard InChI is InChI=1S/AsO3.3Rb/c2-1(3)4;;;/q-3;3*+1. The molecule has 0 amide bonds. The van der Waals surface area contributed by atoms with Gasteiger partial charge in [0.25, 0.3) is 0 Å². The van der Waals surface area contributed by atoms with Crippen molar-refractivity contribution in [3.63, 3.8) is 0 Å². The van der Waals surface area contributed by atoms with Crippen LogP contribution in [0.5, 0.6) is 0 Å². The van der Waals surface area contributed by atoms with Crippen LogP contribution in [0.1, 0.15) is 0 Å². The molecule has 0 bridgehead atoms. The molecule has 0 aromatic carbocycles. The van der Waals surface area contributed by atoms with Crippen molar-refractivity contribution in [2.45, 2.75) is 0 Å². The Morgan fingerprint density at radius 1 is 0.714 bits per heavy atom. The van der Waals surface area contributed by atoms with Crippen molar-refractivity contribution < 1.29 is 187 Å². The third kappa shape index (κ3) is 33.6. The second-order valence-electron chi connectivity index (χ2n) is 0.224. The minimum absolute atomic E-state index is 0. The van der Waals surface area contributed by atoms with Gasteiger partial charge in [0.15, 0.2) is 0 Å². The van der Waals surface area contributed by atoms with E-state index in [1.165, 1.54) is 0 Å². The van der Waals surface area contributed by atoms with Crippen LogP contribution in [-0.4, -0.2) is 15.7 Å². The normalized spacial score (nSPS) is 5.14. The summed E-state index contributed by atoms with van der Waals surface area (Å²) in [6.45, 7) is 0. The minimum Gasteiger partial charge on any atom is 1.00 e. The van der Waals surface area contributed by atoms with E-state index in [2.05, 4.69) is 0 Å². The van der Waals surface area contributed by atoms with Gasteiger partial charge in [-0.1, -0.05) is 0 Å². The van der Waals surface area contributed by atoms with Crippen LogP contribution in [0.15, 0.2) is 0 Å². The first-order valence-corrected chi connectivity index (χ1v) is 2.85. The molecule has 0 unspecified atom stereocenters. The molecular weight excluding hydrogens is 379 g/mol. The van der Waals surface area contributed by atoms with Gasteiger partial charge >= 0.3 is 203 Å². The van der Waals surface area contributed by atoms with Gasteiger partial charge in [0.2, 0.25) is 0 Å². The third-order valence-electron chi connectivity index (χ3n) is 0. The van der Waals surface area contributed by atoms with E-state index in [0.29, 0.717) is 0 Å². The van der Waals surface area contributed by atoms with E-state index in [4.69, 9.17) is 12.3 Å². The molecule has 7 heteroatoms. The summed E-state index contributed by atoms with van der Waals surface area (Å²) in [5.74, 6) is 0. The van der Waals surface area contributed by atoms with Crippen molar-refractivity contribution in [1.29, 1.82) is 0 Å². The molecule has 0 aromatic heterocycles. The summed E-state index contributed by atoms with van der Waals surface area (Å²) in [6, 6.07) is 0. The van der Waals surface area contributed by atoms with Gasteiger partial charge in [-0.05, 0) is 0 Å². The zero-order chi connectivity index (χ0) is 3.58. The molecule has 0 aliphatic heterocycles. The van der Waals surface area contributed by atoms with Crippen molar-refractivity contribution in [3.8, 4) is 0 Å². The summed E-state index contributed by atoms with van der Waals surface area (Å²) < 4.78 is 25.7. The molecule has 0 fully saturated rings. The summed E-state index contributed by atoms with van der Waals surface area (Å²) in [4.78, 5) is 0. The van der Waals surface area contributed by atoms with Crippen molar-refractivity contribution in [3.05, 3.63) is 0 Å². The van der Waals surface area contributed by atoms with Crippen LogP contribution in [-0.2, 0) is 0 Å². The van der Waals surface area contributed by atoms with Crippen LogP contribution in [0.25, 0.3) is 0 Å². The van der Waals surface area contributed by atoms with Crippen LogP contribution in [0.2, 0.25) is 0 Å². The Labute approximate surface area is 195 Å². The summed E-state index contributed by atoms with van der Waals surface area (Å²) >= 11 is -3.94. The zero-order valence-corrected chi connectivity index (χ0v) is 21.3. The van der Waals surface area contributed by atoms with Crippen LogP contribution in [0, 0.1) is 0 Å². The Balaban J connectivity index is -0.0000000150. The maximum atomic E-state index is 8.56. The monoisotopic (exact) mass is 378 g/mol. The van der Waals surface area contributed by atoms with Crippen molar-refractivity contribution in [1.82, 2.24) is 0 Å². The molecule has 0 radical (unpaired) electrons. The van der Waals surface area contributed by atoms with E-state index in [9.17, 15) is 0 Å². The number of hydrogen-bond donors (Lipinski definition) is 0. The predicted octanol–water partition coefficient (Wildman–Crippen LogP) is -12.9. The number of rotatable bonds is 0. The second kappa shape index (κ2) is 17.8. The van der Waals surface area contributed by atoms with Crippen LogP contribution >= 0.6 is 0 Å². The molecule has 0 rings (SSSR count). The summed E-state index contributed by atoms with van der Waals surface area (Å²) in [5.41, 5.74) is 0. The van der Waals surface area contributed by atoms with Gasteiger partial charge < -0.3 is 0 Å². The van der Waals surface area contributed by atoms with E-state index >= 15 is 0 Å². The maximum Gasteiger partial charge on any atom is 1.00 e. The van der Waals surface area contributed by atoms with Gasteiger partial charge in [-0.3, -0.25) is 0 Å². The largest absolute Gasteiger partial charge is 1.00 e. The first kappa shape index (κ1) is 23.0. The molecule has 0 saturated heterocycles. The molecule has 0 atom stereocenters. The Bertz CT molecular complexity index is 14.9. The van der Waals surface area contributed by atoms with E-state index in [1.54, 1.807) is 0 Å². The second-order valence-corrected chi connectivity index (χ2v) is 1.16. The van der Waals surface area contributed by atoms with Gasteiger partial charge in [0.05, 0.1) is 0 Å². The molecule has 7 heavy (non-hydrogen) atoms. The SMILES string of the molecule is [O-][As]([O-])[O-].[Rb+].[Rb+].[Rb+]. The van der Waals surface area contributed by atoms with Crippen LogP contribution in [0.4, 0.5) is 0 Å². The van der Waals surface area contributed by atoms with Crippen LogP contribution in [0.3, 0.4) is 0 Å². The summed E-state index contributed by atoms with van der Waals surface area (Å²) in [6.07, 6.45) is 0. The predicted molar refractivity (Wildman–Crippen MR) is 5.75 cm³/mol. The quantitative estimate of drug-likeness (QED) is 0.393. The Morgan fingerprint density at radius 3 is 0.714 bits per heavy atom. The molecule has 0 aliphatic rings. The topological polar surface area (TPSA) is 69.2 Å². The molecule has 0 aromatic rings. The number of hydrogen-bond acceptors (Lipinski definition) is 3. The smallest absolute Gasteiger partial charge is 1.00 e. The molecule has 0 N–H and O–H groups in total. The fraction of sp³-hybridized carbons (Fsp3) is 0. The van der Waals surface area contributed by atoms with Gasteiger partial charge in [-0.15, -0.1) is 0 Å². The van der Waals surface area contributed by atoms with Crippen molar-refractivity contribution in [2.75, 3.05) is 0 Å².